The number of rotatable bonds is 3. The third-order valence-corrected chi connectivity index (χ3v) is 7.33. The van der Waals surface area contributed by atoms with Crippen molar-refractivity contribution in [1.82, 2.24) is 0 Å². The molecule has 0 aliphatic carbocycles. The third kappa shape index (κ3) is 3.17. The van der Waals surface area contributed by atoms with Crippen molar-refractivity contribution in [3.05, 3.63) is 139 Å². The summed E-state index contributed by atoms with van der Waals surface area (Å²) in [7, 11) is 0. The molecule has 0 saturated heterocycles. The first kappa shape index (κ1) is 20.7. The van der Waals surface area contributed by atoms with Crippen molar-refractivity contribution in [3.63, 3.8) is 0 Å². The molecule has 7 aromatic carbocycles. The van der Waals surface area contributed by atoms with E-state index >= 15 is 0 Å². The summed E-state index contributed by atoms with van der Waals surface area (Å²) >= 11 is 0. The first-order valence-electron chi connectivity index (χ1n) is 12.5. The highest BCUT2D eigenvalue weighted by molar-refractivity contribution is 6.19. The van der Waals surface area contributed by atoms with Gasteiger partial charge in [0, 0.05) is 16.5 Å². The summed E-state index contributed by atoms with van der Waals surface area (Å²) in [5, 5.41) is 10.1. The van der Waals surface area contributed by atoms with Gasteiger partial charge in [-0.3, -0.25) is 0 Å². The molecule has 0 aliphatic rings. The van der Waals surface area contributed by atoms with Gasteiger partial charge in [-0.15, -0.1) is 0 Å². The molecule has 0 aliphatic heterocycles. The molecule has 1 nitrogen and oxygen atoms in total. The van der Waals surface area contributed by atoms with Crippen LogP contribution in [0.4, 0.5) is 17.1 Å². The minimum Gasteiger partial charge on any atom is -0.309 e. The Kier molecular flexibility index (Phi) is 4.75. The first-order valence-corrected chi connectivity index (χ1v) is 12.5. The summed E-state index contributed by atoms with van der Waals surface area (Å²) in [6.45, 7) is 2.20. The SMILES string of the molecule is Cc1ccccc1N(c1cc2ccccc2c2ccccc12)c1cccc2ccc3ccccc3c12. The molecule has 0 fully saturated rings. The van der Waals surface area contributed by atoms with Crippen LogP contribution in [0, 0.1) is 6.92 Å². The van der Waals surface area contributed by atoms with Gasteiger partial charge in [0.1, 0.15) is 0 Å². The second kappa shape index (κ2) is 8.25. The van der Waals surface area contributed by atoms with Gasteiger partial charge in [-0.25, -0.2) is 0 Å². The van der Waals surface area contributed by atoms with E-state index < -0.39 is 0 Å². The molecule has 0 radical (unpaired) electrons. The van der Waals surface area contributed by atoms with Crippen LogP contribution in [0.15, 0.2) is 133 Å². The van der Waals surface area contributed by atoms with E-state index in [0.29, 0.717) is 0 Å². The fraction of sp³-hybridized carbons (Fsp3) is 0.0286. The second-order valence-electron chi connectivity index (χ2n) is 9.45. The van der Waals surface area contributed by atoms with Crippen LogP contribution in [-0.2, 0) is 0 Å². The first-order chi connectivity index (χ1) is 17.8. The highest BCUT2D eigenvalue weighted by atomic mass is 15.1. The van der Waals surface area contributed by atoms with Crippen molar-refractivity contribution in [2.45, 2.75) is 6.92 Å². The van der Waals surface area contributed by atoms with E-state index in [1.54, 1.807) is 0 Å². The lowest BCUT2D eigenvalue weighted by atomic mass is 9.96. The van der Waals surface area contributed by atoms with Crippen LogP contribution in [0.2, 0.25) is 0 Å². The smallest absolute Gasteiger partial charge is 0.0546 e. The van der Waals surface area contributed by atoms with Gasteiger partial charge in [0.15, 0.2) is 0 Å². The molecule has 0 amide bonds. The van der Waals surface area contributed by atoms with Gasteiger partial charge >= 0.3 is 0 Å². The molecule has 7 rings (SSSR count). The van der Waals surface area contributed by atoms with Crippen LogP contribution in [0.25, 0.3) is 43.1 Å². The molecule has 0 atom stereocenters. The van der Waals surface area contributed by atoms with Crippen molar-refractivity contribution in [2.24, 2.45) is 0 Å². The summed E-state index contributed by atoms with van der Waals surface area (Å²) in [6.07, 6.45) is 0. The zero-order valence-electron chi connectivity index (χ0n) is 20.1. The molecule has 0 aromatic heterocycles. The summed E-state index contributed by atoms with van der Waals surface area (Å²) < 4.78 is 0. The number of aryl methyl sites for hydroxylation is 1. The lowest BCUT2D eigenvalue weighted by molar-refractivity contribution is 1.28. The normalized spacial score (nSPS) is 11.5. The van der Waals surface area contributed by atoms with Gasteiger partial charge in [-0.2, -0.15) is 0 Å². The van der Waals surface area contributed by atoms with E-state index in [2.05, 4.69) is 145 Å². The maximum absolute atomic E-state index is 2.47. The predicted octanol–water partition coefficient (Wildman–Crippen LogP) is 10.1. The number of benzene rings is 7. The van der Waals surface area contributed by atoms with Crippen LogP contribution in [0.5, 0.6) is 0 Å². The molecule has 1 heteroatoms. The maximum atomic E-state index is 2.47. The van der Waals surface area contributed by atoms with E-state index in [9.17, 15) is 0 Å². The van der Waals surface area contributed by atoms with Gasteiger partial charge in [-0.1, -0.05) is 115 Å². The third-order valence-electron chi connectivity index (χ3n) is 7.33. The Labute approximate surface area is 210 Å². The molecule has 0 spiro atoms. The van der Waals surface area contributed by atoms with Crippen LogP contribution >= 0.6 is 0 Å². The summed E-state index contributed by atoms with van der Waals surface area (Å²) in [5.41, 5.74) is 4.82. The van der Waals surface area contributed by atoms with Crippen molar-refractivity contribution in [2.75, 3.05) is 4.90 Å². The molecule has 0 saturated carbocycles. The van der Waals surface area contributed by atoms with Crippen LogP contribution < -0.4 is 4.90 Å². The molecule has 7 aromatic rings. The van der Waals surface area contributed by atoms with Gasteiger partial charge in [0.05, 0.1) is 11.4 Å². The standard InChI is InChI=1S/C35H25N/c1-24-11-2-9-19-32(24)36(33-20-10-14-26-22-21-25-12-3-6-16-29(25)35(26)33)34-23-27-13-4-5-15-28(27)30-17-7-8-18-31(30)34/h2-23H,1H3. The van der Waals surface area contributed by atoms with Gasteiger partial charge in [0.25, 0.3) is 0 Å². The van der Waals surface area contributed by atoms with Crippen LogP contribution in [-0.4, -0.2) is 0 Å². The predicted molar refractivity (Wildman–Crippen MR) is 156 cm³/mol. The number of hydrogen-bond donors (Lipinski definition) is 0. The average molecular weight is 460 g/mol. The van der Waals surface area contributed by atoms with Gasteiger partial charge < -0.3 is 4.90 Å². The molecule has 36 heavy (non-hydrogen) atoms. The van der Waals surface area contributed by atoms with Crippen molar-refractivity contribution in [3.8, 4) is 0 Å². The zero-order chi connectivity index (χ0) is 24.1. The summed E-state index contributed by atoms with van der Waals surface area (Å²) in [6, 6.07) is 48.4. The van der Waals surface area contributed by atoms with E-state index in [1.165, 1.54) is 65.7 Å². The van der Waals surface area contributed by atoms with E-state index in [4.69, 9.17) is 0 Å². The Morgan fingerprint density at radius 2 is 0.972 bits per heavy atom. The highest BCUT2D eigenvalue weighted by Crippen LogP contribution is 2.46. The fourth-order valence-electron chi connectivity index (χ4n) is 5.65. The number of para-hydroxylation sites is 1. The van der Waals surface area contributed by atoms with Crippen LogP contribution in [0.1, 0.15) is 5.56 Å². The van der Waals surface area contributed by atoms with Crippen molar-refractivity contribution in [1.29, 1.82) is 0 Å². The van der Waals surface area contributed by atoms with Gasteiger partial charge in [-0.05, 0) is 63.0 Å². The Balaban J connectivity index is 1.66. The Morgan fingerprint density at radius 3 is 1.81 bits per heavy atom. The Bertz CT molecular complexity index is 1910. The number of fused-ring (bicyclic) bond motifs is 6. The van der Waals surface area contributed by atoms with Gasteiger partial charge in [0.2, 0.25) is 0 Å². The summed E-state index contributed by atoms with van der Waals surface area (Å²) in [4.78, 5) is 2.47. The zero-order valence-corrected chi connectivity index (χ0v) is 20.1. The largest absolute Gasteiger partial charge is 0.309 e. The molecule has 0 N–H and O–H groups in total. The number of anilines is 3. The molecule has 0 bridgehead atoms. The minimum absolute atomic E-state index is 1.19. The van der Waals surface area contributed by atoms with E-state index in [-0.39, 0.29) is 0 Å². The second-order valence-corrected chi connectivity index (χ2v) is 9.45. The molecule has 0 unspecified atom stereocenters. The minimum atomic E-state index is 1.19. The van der Waals surface area contributed by atoms with Crippen LogP contribution in [0.3, 0.4) is 0 Å². The topological polar surface area (TPSA) is 3.24 Å². The van der Waals surface area contributed by atoms with E-state index in [1.807, 2.05) is 0 Å². The molecular weight excluding hydrogens is 434 g/mol. The average Bonchev–Trinajstić information content (AvgIpc) is 2.94. The lowest BCUT2D eigenvalue weighted by Gasteiger charge is -2.30. The molecular formula is C35H25N. The number of nitrogens with zero attached hydrogens (tertiary/aromatic N) is 1. The summed E-state index contributed by atoms with van der Waals surface area (Å²) in [5.74, 6) is 0. The van der Waals surface area contributed by atoms with Crippen molar-refractivity contribution < 1.29 is 0 Å². The lowest BCUT2D eigenvalue weighted by Crippen LogP contribution is -2.12. The molecule has 0 heterocycles. The fourth-order valence-corrected chi connectivity index (χ4v) is 5.65. The Hall–Kier alpha value is -4.62. The van der Waals surface area contributed by atoms with E-state index in [0.717, 1.165) is 0 Å². The highest BCUT2D eigenvalue weighted by Gasteiger charge is 2.21. The quantitative estimate of drug-likeness (QED) is 0.238. The number of hydrogen-bond acceptors (Lipinski definition) is 1. The Morgan fingerprint density at radius 1 is 0.389 bits per heavy atom. The molecule has 170 valence electrons. The monoisotopic (exact) mass is 459 g/mol. The maximum Gasteiger partial charge on any atom is 0.0546 e. The van der Waals surface area contributed by atoms with Crippen molar-refractivity contribution >= 4 is 60.2 Å².